The van der Waals surface area contributed by atoms with Crippen LogP contribution in [0.4, 0.5) is 0 Å². The Morgan fingerprint density at radius 3 is 2.65 bits per heavy atom. The maximum absolute atomic E-state index is 12.4. The average molecular weight is 346 g/mol. The van der Waals surface area contributed by atoms with Crippen LogP contribution in [0.3, 0.4) is 0 Å². The molecule has 0 fully saturated rings. The second-order valence-electron chi connectivity index (χ2n) is 6.12. The Morgan fingerprint density at radius 1 is 0.962 bits per heavy atom. The van der Waals surface area contributed by atoms with Gasteiger partial charge in [0.05, 0.1) is 23.2 Å². The lowest BCUT2D eigenvalue weighted by atomic mass is 10.1. The zero-order valence-corrected chi connectivity index (χ0v) is 14.1. The summed E-state index contributed by atoms with van der Waals surface area (Å²) in [6, 6.07) is 20.9. The van der Waals surface area contributed by atoms with Crippen LogP contribution in [0.1, 0.15) is 16.8 Å². The van der Waals surface area contributed by atoms with Crippen molar-refractivity contribution in [2.75, 3.05) is 6.61 Å². The molecule has 26 heavy (non-hydrogen) atoms. The SMILES string of the molecule is O=C(OCCCn1c(=O)[nH]c2ccccc21)c1cccc2ccccc12. The summed E-state index contributed by atoms with van der Waals surface area (Å²) in [6.45, 7) is 0.750. The number of nitrogens with one attached hydrogen (secondary N) is 1. The fraction of sp³-hybridized carbons (Fsp3) is 0.143. The molecule has 0 aliphatic heterocycles. The molecule has 1 heterocycles. The highest BCUT2D eigenvalue weighted by molar-refractivity contribution is 6.04. The van der Waals surface area contributed by atoms with E-state index in [2.05, 4.69) is 4.98 Å². The number of ether oxygens (including phenoxy) is 1. The molecule has 5 heteroatoms. The van der Waals surface area contributed by atoms with Crippen molar-refractivity contribution in [3.63, 3.8) is 0 Å². The second kappa shape index (κ2) is 6.88. The van der Waals surface area contributed by atoms with Crippen molar-refractivity contribution in [1.29, 1.82) is 0 Å². The molecular formula is C21H18N2O3. The second-order valence-corrected chi connectivity index (χ2v) is 6.12. The van der Waals surface area contributed by atoms with Gasteiger partial charge in [-0.25, -0.2) is 9.59 Å². The normalized spacial score (nSPS) is 11.1. The Hall–Kier alpha value is -3.34. The number of fused-ring (bicyclic) bond motifs is 2. The van der Waals surface area contributed by atoms with E-state index in [-0.39, 0.29) is 18.3 Å². The van der Waals surface area contributed by atoms with E-state index in [1.165, 1.54) is 0 Å². The first-order valence-corrected chi connectivity index (χ1v) is 8.56. The molecule has 0 unspecified atom stereocenters. The number of para-hydroxylation sites is 2. The number of esters is 1. The lowest BCUT2D eigenvalue weighted by Crippen LogP contribution is -2.18. The third-order valence-electron chi connectivity index (χ3n) is 4.45. The van der Waals surface area contributed by atoms with E-state index in [0.29, 0.717) is 18.5 Å². The highest BCUT2D eigenvalue weighted by Crippen LogP contribution is 2.19. The van der Waals surface area contributed by atoms with E-state index >= 15 is 0 Å². The van der Waals surface area contributed by atoms with Crippen LogP contribution in [-0.4, -0.2) is 22.1 Å². The Kier molecular flexibility index (Phi) is 4.27. The van der Waals surface area contributed by atoms with Crippen LogP contribution in [0.25, 0.3) is 21.8 Å². The van der Waals surface area contributed by atoms with Gasteiger partial charge in [0.1, 0.15) is 0 Å². The molecule has 130 valence electrons. The highest BCUT2D eigenvalue weighted by atomic mass is 16.5. The molecule has 5 nitrogen and oxygen atoms in total. The molecule has 4 rings (SSSR count). The molecule has 3 aromatic carbocycles. The summed E-state index contributed by atoms with van der Waals surface area (Å²) >= 11 is 0. The summed E-state index contributed by atoms with van der Waals surface area (Å²) in [5, 5.41) is 1.89. The maximum atomic E-state index is 12.4. The summed E-state index contributed by atoms with van der Waals surface area (Å²) in [6.07, 6.45) is 0.568. The number of benzene rings is 3. The van der Waals surface area contributed by atoms with E-state index in [1.54, 1.807) is 10.6 Å². The Bertz CT molecular complexity index is 1140. The monoisotopic (exact) mass is 346 g/mol. The number of rotatable bonds is 5. The third kappa shape index (κ3) is 2.99. The average Bonchev–Trinajstić information content (AvgIpc) is 3.00. The molecule has 0 amide bonds. The number of aryl methyl sites for hydroxylation is 1. The number of aromatic amines is 1. The molecule has 0 saturated carbocycles. The molecule has 0 saturated heterocycles. The van der Waals surface area contributed by atoms with E-state index < -0.39 is 0 Å². The van der Waals surface area contributed by atoms with Gasteiger partial charge in [0, 0.05) is 6.54 Å². The number of hydrogen-bond donors (Lipinski definition) is 1. The summed E-state index contributed by atoms with van der Waals surface area (Å²) < 4.78 is 7.09. The molecular weight excluding hydrogens is 328 g/mol. The van der Waals surface area contributed by atoms with E-state index in [1.807, 2.05) is 60.7 Å². The molecule has 1 aromatic heterocycles. The Labute approximate surface area is 149 Å². The Balaban J connectivity index is 1.42. The fourth-order valence-corrected chi connectivity index (χ4v) is 3.20. The van der Waals surface area contributed by atoms with Crippen molar-refractivity contribution in [3.8, 4) is 0 Å². The predicted octanol–water partition coefficient (Wildman–Crippen LogP) is 3.73. The van der Waals surface area contributed by atoms with Crippen LogP contribution < -0.4 is 5.69 Å². The summed E-state index contributed by atoms with van der Waals surface area (Å²) in [7, 11) is 0. The van der Waals surface area contributed by atoms with Crippen LogP contribution in [0, 0.1) is 0 Å². The van der Waals surface area contributed by atoms with Crippen LogP contribution in [0.2, 0.25) is 0 Å². The van der Waals surface area contributed by atoms with Crippen LogP contribution in [0.5, 0.6) is 0 Å². The highest BCUT2D eigenvalue weighted by Gasteiger charge is 2.11. The lowest BCUT2D eigenvalue weighted by Gasteiger charge is -2.08. The van der Waals surface area contributed by atoms with Crippen LogP contribution in [-0.2, 0) is 11.3 Å². The number of nitrogens with zero attached hydrogens (tertiary/aromatic N) is 1. The van der Waals surface area contributed by atoms with Gasteiger partial charge in [0.15, 0.2) is 0 Å². The standard InChI is InChI=1S/C21H18N2O3/c24-20(17-10-5-8-15-7-1-2-9-16(15)17)26-14-6-13-23-19-12-4-3-11-18(19)22-21(23)25/h1-5,7-12H,6,13-14H2,(H,22,25). The summed E-state index contributed by atoms with van der Waals surface area (Å²) in [4.78, 5) is 27.3. The largest absolute Gasteiger partial charge is 0.462 e. The minimum absolute atomic E-state index is 0.147. The van der Waals surface area contributed by atoms with Crippen molar-refractivity contribution < 1.29 is 9.53 Å². The van der Waals surface area contributed by atoms with Gasteiger partial charge in [-0.15, -0.1) is 0 Å². The number of imidazole rings is 1. The predicted molar refractivity (Wildman–Crippen MR) is 101 cm³/mol. The van der Waals surface area contributed by atoms with Crippen molar-refractivity contribution in [2.24, 2.45) is 0 Å². The molecule has 0 radical (unpaired) electrons. The zero-order chi connectivity index (χ0) is 17.9. The Morgan fingerprint density at radius 2 is 1.73 bits per heavy atom. The fourth-order valence-electron chi connectivity index (χ4n) is 3.20. The maximum Gasteiger partial charge on any atom is 0.338 e. The van der Waals surface area contributed by atoms with Crippen LogP contribution in [0.15, 0.2) is 71.5 Å². The number of hydrogen-bond acceptors (Lipinski definition) is 3. The third-order valence-corrected chi connectivity index (χ3v) is 4.45. The van der Waals surface area contributed by atoms with Gasteiger partial charge in [-0.1, -0.05) is 48.5 Å². The van der Waals surface area contributed by atoms with Crippen molar-refractivity contribution in [1.82, 2.24) is 9.55 Å². The van der Waals surface area contributed by atoms with Crippen molar-refractivity contribution in [3.05, 3.63) is 82.8 Å². The topological polar surface area (TPSA) is 64.1 Å². The summed E-state index contributed by atoms with van der Waals surface area (Å²) in [5.41, 5.74) is 2.09. The molecule has 0 atom stereocenters. The van der Waals surface area contributed by atoms with Gasteiger partial charge in [-0.2, -0.15) is 0 Å². The number of aromatic nitrogens is 2. The van der Waals surface area contributed by atoms with Gasteiger partial charge >= 0.3 is 11.7 Å². The van der Waals surface area contributed by atoms with Crippen molar-refractivity contribution >= 4 is 27.8 Å². The molecule has 4 aromatic rings. The molecule has 0 aliphatic rings. The smallest absolute Gasteiger partial charge is 0.338 e. The van der Waals surface area contributed by atoms with Gasteiger partial charge in [0.2, 0.25) is 0 Å². The minimum Gasteiger partial charge on any atom is -0.462 e. The van der Waals surface area contributed by atoms with Gasteiger partial charge < -0.3 is 9.72 Å². The zero-order valence-electron chi connectivity index (χ0n) is 14.1. The van der Waals surface area contributed by atoms with E-state index in [4.69, 9.17) is 4.74 Å². The van der Waals surface area contributed by atoms with Crippen LogP contribution >= 0.6 is 0 Å². The lowest BCUT2D eigenvalue weighted by molar-refractivity contribution is 0.0498. The first-order valence-electron chi connectivity index (χ1n) is 8.56. The van der Waals surface area contributed by atoms with Gasteiger partial charge in [-0.3, -0.25) is 4.57 Å². The van der Waals surface area contributed by atoms with E-state index in [0.717, 1.165) is 21.8 Å². The first kappa shape index (κ1) is 16.1. The minimum atomic E-state index is -0.340. The molecule has 0 spiro atoms. The summed E-state index contributed by atoms with van der Waals surface area (Å²) in [5.74, 6) is -0.340. The molecule has 1 N–H and O–H groups in total. The quantitative estimate of drug-likeness (QED) is 0.442. The van der Waals surface area contributed by atoms with E-state index in [9.17, 15) is 9.59 Å². The number of carbonyl (C=O) groups is 1. The first-order chi connectivity index (χ1) is 12.7. The van der Waals surface area contributed by atoms with Gasteiger partial charge in [-0.05, 0) is 35.4 Å². The molecule has 0 aliphatic carbocycles. The molecule has 0 bridgehead atoms. The number of carbonyl (C=O) groups excluding carboxylic acids is 1. The van der Waals surface area contributed by atoms with Gasteiger partial charge in [0.25, 0.3) is 0 Å². The number of H-pyrrole nitrogens is 1. The van der Waals surface area contributed by atoms with Crippen molar-refractivity contribution in [2.45, 2.75) is 13.0 Å².